The third-order valence-corrected chi connectivity index (χ3v) is 25.0. The molecular weight excluding hydrogens is 1020 g/mol. The summed E-state index contributed by atoms with van der Waals surface area (Å²) in [6.07, 6.45) is -11.0. The molecule has 9 nitrogen and oxygen atoms in total. The summed E-state index contributed by atoms with van der Waals surface area (Å²) in [5.74, 6) is -0.936. The molecule has 0 saturated heterocycles. The van der Waals surface area contributed by atoms with Crippen LogP contribution in [0.4, 0.5) is 37.7 Å². The molecule has 0 fully saturated rings. The zero-order valence-electron chi connectivity index (χ0n) is 40.1. The molecular formula is C58H45BF6N2O7P2. The molecule has 0 aliphatic heterocycles. The van der Waals surface area contributed by atoms with Gasteiger partial charge in [0.2, 0.25) is 0 Å². The van der Waals surface area contributed by atoms with E-state index in [9.17, 15) is 46.6 Å². The molecule has 18 heteroatoms. The number of non-ortho nitro benzene ring substituents is 2. The quantitative estimate of drug-likeness (QED) is 0.0276. The van der Waals surface area contributed by atoms with Crippen LogP contribution in [0.3, 0.4) is 0 Å². The van der Waals surface area contributed by atoms with E-state index in [2.05, 4.69) is 0 Å². The van der Waals surface area contributed by atoms with E-state index >= 15 is 0 Å². The number of hydrogen-bond donors (Lipinski definition) is 0. The van der Waals surface area contributed by atoms with Crippen molar-refractivity contribution < 1.29 is 49.7 Å². The van der Waals surface area contributed by atoms with Gasteiger partial charge in [0, 0.05) is 0 Å². The molecule has 0 heterocycles. The zero-order valence-corrected chi connectivity index (χ0v) is 41.9. The van der Waals surface area contributed by atoms with Crippen LogP contribution in [-0.2, 0) is 33.6 Å². The Kier molecular flexibility index (Phi) is 14.6. The predicted octanol–water partition coefficient (Wildman–Crippen LogP) is 13.2. The van der Waals surface area contributed by atoms with Gasteiger partial charge in [-0.15, -0.1) is 0 Å². The Morgan fingerprint density at radius 3 is 0.908 bits per heavy atom. The van der Waals surface area contributed by atoms with Crippen LogP contribution in [-0.4, -0.2) is 17.2 Å². The van der Waals surface area contributed by atoms with Crippen molar-refractivity contribution in [3.05, 3.63) is 291 Å². The van der Waals surface area contributed by atoms with Crippen LogP contribution >= 0.6 is 13.7 Å². The van der Waals surface area contributed by atoms with Crippen molar-refractivity contribution in [2.24, 2.45) is 0 Å². The Labute approximate surface area is 433 Å². The first-order valence-electron chi connectivity index (χ1n) is 23.6. The third kappa shape index (κ3) is 9.88. The van der Waals surface area contributed by atoms with Crippen LogP contribution in [0.1, 0.15) is 22.3 Å². The van der Waals surface area contributed by atoms with Gasteiger partial charge in [-0.3, -0.25) is 0 Å². The Morgan fingerprint density at radius 2 is 0.658 bits per heavy atom. The number of rotatable bonds is 18. The van der Waals surface area contributed by atoms with Gasteiger partial charge >= 0.3 is 436 Å². The van der Waals surface area contributed by atoms with Crippen molar-refractivity contribution in [1.29, 1.82) is 0 Å². The van der Waals surface area contributed by atoms with Crippen LogP contribution in [0.25, 0.3) is 0 Å². The van der Waals surface area contributed by atoms with E-state index < -0.39 is 60.1 Å². The van der Waals surface area contributed by atoms with E-state index in [-0.39, 0.29) is 29.8 Å². The molecule has 9 aromatic rings. The van der Waals surface area contributed by atoms with Crippen molar-refractivity contribution in [1.82, 2.24) is 0 Å². The van der Waals surface area contributed by atoms with E-state index in [0.717, 1.165) is 0 Å². The Hall–Kier alpha value is -8.00. The number of nitro benzene ring substituents is 2. The maximum atomic E-state index is 15.0. The van der Waals surface area contributed by atoms with Gasteiger partial charge in [-0.1, -0.05) is 0 Å². The average molecular weight is 1070 g/mol. The number of hydrogen-bond acceptors (Lipinski definition) is 7. The molecule has 0 spiro atoms. The monoisotopic (exact) mass is 1070 g/mol. The number of benzene rings is 9. The molecule has 0 bridgehead atoms. The minimum absolute atomic E-state index is 0.00989. The number of nitrogens with zero attached hydrogens (tertiary/aromatic N) is 2. The average Bonchev–Trinajstić information content (AvgIpc) is 3.44. The molecule has 0 aromatic heterocycles. The molecule has 76 heavy (non-hydrogen) atoms. The summed E-state index contributed by atoms with van der Waals surface area (Å²) in [5.41, 5.74) is -3.16. The van der Waals surface area contributed by atoms with Crippen LogP contribution in [0.5, 0.6) is 5.75 Å². The molecule has 0 N–H and O–H groups in total. The third-order valence-electron chi connectivity index (χ3n) is 13.5. The molecule has 0 amide bonds. The SMILES string of the molecule is O=[N+]([O-])c1cccc(CP(OB(Oc2cc(C(F)(F)F)cc(C(F)(F)F)c2)OP(Cc2cccc([N+](=O)[O-])c2)(c2ccccc2)(c2ccccc2)c2ccccc2)(c2ccccc2)(c2ccccc2)c2ccccc2)c1. The van der Waals surface area contributed by atoms with Gasteiger partial charge in [0.1, 0.15) is 0 Å². The summed E-state index contributed by atoms with van der Waals surface area (Å²) in [5, 5.41) is 27.9. The van der Waals surface area contributed by atoms with Crippen molar-refractivity contribution in [2.75, 3.05) is 0 Å². The maximum absolute atomic E-state index is 15.0. The van der Waals surface area contributed by atoms with E-state index in [4.69, 9.17) is 13.5 Å². The first-order chi connectivity index (χ1) is 36.4. The van der Waals surface area contributed by atoms with Crippen LogP contribution in [0.15, 0.2) is 249 Å². The van der Waals surface area contributed by atoms with E-state index in [1.165, 1.54) is 36.4 Å². The zero-order chi connectivity index (χ0) is 53.7. The van der Waals surface area contributed by atoms with Gasteiger partial charge in [0.15, 0.2) is 0 Å². The summed E-state index contributed by atoms with van der Waals surface area (Å²) < 4.78 is 113. The van der Waals surface area contributed by atoms with Gasteiger partial charge in [-0.05, 0) is 0 Å². The summed E-state index contributed by atoms with van der Waals surface area (Å²) in [4.78, 5) is 24.0. The Morgan fingerprint density at radius 1 is 0.382 bits per heavy atom. The molecule has 0 saturated carbocycles. The molecule has 9 rings (SSSR count). The van der Waals surface area contributed by atoms with Crippen molar-refractivity contribution in [3.8, 4) is 5.75 Å². The van der Waals surface area contributed by atoms with Gasteiger partial charge in [-0.2, -0.15) is 0 Å². The minimum atomic E-state index is -5.31. The van der Waals surface area contributed by atoms with E-state index in [1.54, 1.807) is 194 Å². The number of nitro groups is 2. The summed E-state index contributed by atoms with van der Waals surface area (Å²) in [6.45, 7) is -10.4. The second-order valence-electron chi connectivity index (χ2n) is 18.0. The van der Waals surface area contributed by atoms with Crippen LogP contribution in [0.2, 0.25) is 0 Å². The van der Waals surface area contributed by atoms with Gasteiger partial charge < -0.3 is 0 Å². The van der Waals surface area contributed by atoms with Crippen molar-refractivity contribution in [3.63, 3.8) is 0 Å². The van der Waals surface area contributed by atoms with E-state index in [1.807, 2.05) is 0 Å². The second kappa shape index (κ2) is 21.0. The van der Waals surface area contributed by atoms with Gasteiger partial charge in [0.05, 0.1) is 0 Å². The second-order valence-corrected chi connectivity index (χ2v) is 27.0. The topological polar surface area (TPSA) is 114 Å². The Bertz CT molecular complexity index is 3070. The standard InChI is InChI=1S/C58H45BF6N2O7P2/c60-57(61,62)46-39-47(58(63,64)65)41-50(40-46)72-59(73-75(51-25-7-1-8-26-51,52-27-9-2-10-28-52,53-29-11-3-12-30-53)42-44-21-19-23-48(37-44)66(68)69)74-76(54-31-13-4-14-32-54,55-33-15-5-16-34-55,56-35-17-6-18-36-56)43-45-22-20-24-49(38-45)67(70)71/h1-41H,42-43H2. The molecule has 0 radical (unpaired) electrons. The summed E-state index contributed by atoms with van der Waals surface area (Å²) >= 11 is 0. The van der Waals surface area contributed by atoms with Crippen LogP contribution < -0.4 is 36.5 Å². The van der Waals surface area contributed by atoms with E-state index in [0.29, 0.717) is 55.1 Å². The molecule has 384 valence electrons. The number of alkyl halides is 6. The first kappa shape index (κ1) is 52.9. The predicted molar refractivity (Wildman–Crippen MR) is 289 cm³/mol. The summed E-state index contributed by atoms with van der Waals surface area (Å²) in [7, 11) is -2.35. The fourth-order valence-electron chi connectivity index (χ4n) is 10.1. The van der Waals surface area contributed by atoms with Crippen molar-refractivity contribution in [2.45, 2.75) is 24.7 Å². The number of halogens is 6. The molecule has 9 aromatic carbocycles. The molecule has 0 aliphatic rings. The van der Waals surface area contributed by atoms with Gasteiger partial charge in [-0.25, -0.2) is 0 Å². The fourth-order valence-corrected chi connectivity index (χ4v) is 21.5. The molecule has 0 aliphatic carbocycles. The van der Waals surface area contributed by atoms with Gasteiger partial charge in [0.25, 0.3) is 0 Å². The Balaban J connectivity index is 1.49. The molecule has 0 atom stereocenters. The normalized spacial score (nSPS) is 13.1. The fraction of sp³-hybridized carbons (Fsp3) is 0.0690. The molecule has 0 unspecified atom stereocenters. The summed E-state index contributed by atoms with van der Waals surface area (Å²) in [6, 6.07) is 65.6. The van der Waals surface area contributed by atoms with Crippen LogP contribution in [0, 0.1) is 20.2 Å². The van der Waals surface area contributed by atoms with Crippen molar-refractivity contribution >= 4 is 64.2 Å². The first-order valence-corrected chi connectivity index (χ1v) is 28.3.